The summed E-state index contributed by atoms with van der Waals surface area (Å²) in [4.78, 5) is 0. The molecule has 0 aliphatic rings. The Bertz CT molecular complexity index is 686. The lowest BCUT2D eigenvalue weighted by Gasteiger charge is -2.08. The number of hydrogen-bond donors (Lipinski definition) is 1. The number of rotatable bonds is 3. The highest BCUT2D eigenvalue weighted by Crippen LogP contribution is 2.35. The molecule has 0 bridgehead atoms. The first-order valence-corrected chi connectivity index (χ1v) is 8.81. The van der Waals surface area contributed by atoms with Crippen LogP contribution in [0.1, 0.15) is 11.1 Å². The van der Waals surface area contributed by atoms with Gasteiger partial charge < -0.3 is 0 Å². The van der Waals surface area contributed by atoms with E-state index in [0.717, 1.165) is 22.5 Å². The molecule has 0 atom stereocenters. The Kier molecular flexibility index (Phi) is 4.25. The van der Waals surface area contributed by atoms with Gasteiger partial charge >= 0.3 is 0 Å². The molecule has 0 aliphatic carbocycles. The van der Waals surface area contributed by atoms with E-state index < -0.39 is 10.0 Å². The van der Waals surface area contributed by atoms with Crippen LogP contribution < -0.4 is 4.72 Å². The van der Waals surface area contributed by atoms with Crippen LogP contribution in [0, 0.1) is 13.8 Å². The molecule has 0 saturated carbocycles. The molecule has 1 heterocycles. The summed E-state index contributed by atoms with van der Waals surface area (Å²) in [5, 5.41) is 0.394. The standard InChI is InChI=1S/C12H11BrClNO2S2/c1-7-3-8(2)5-9(4-7)15-19(16,17)11-6-10(14)12(13)18-11/h3-6,15H,1-2H3. The van der Waals surface area contributed by atoms with Crippen LogP contribution >= 0.6 is 38.9 Å². The predicted octanol–water partition coefficient (Wildman–Crippen LogP) is 4.58. The van der Waals surface area contributed by atoms with Crippen molar-refractivity contribution in [3.8, 4) is 0 Å². The van der Waals surface area contributed by atoms with Gasteiger partial charge in [0.25, 0.3) is 10.0 Å². The van der Waals surface area contributed by atoms with Crippen molar-refractivity contribution in [2.24, 2.45) is 0 Å². The number of aryl methyl sites for hydroxylation is 2. The number of halogens is 2. The highest BCUT2D eigenvalue weighted by Gasteiger charge is 2.19. The van der Waals surface area contributed by atoms with Crippen molar-refractivity contribution in [2.45, 2.75) is 18.1 Å². The molecule has 0 fully saturated rings. The maximum absolute atomic E-state index is 12.2. The fraction of sp³-hybridized carbons (Fsp3) is 0.167. The van der Waals surface area contributed by atoms with E-state index in [9.17, 15) is 8.42 Å². The average molecular weight is 381 g/mol. The molecule has 1 N–H and O–H groups in total. The van der Waals surface area contributed by atoms with Gasteiger partial charge in [0, 0.05) is 5.69 Å². The molecule has 2 aromatic rings. The predicted molar refractivity (Wildman–Crippen MR) is 83.8 cm³/mol. The lowest BCUT2D eigenvalue weighted by molar-refractivity contribution is 0.603. The minimum absolute atomic E-state index is 0.184. The van der Waals surface area contributed by atoms with Crippen LogP contribution in [0.2, 0.25) is 5.02 Å². The van der Waals surface area contributed by atoms with Crippen LogP contribution in [0.4, 0.5) is 5.69 Å². The Morgan fingerprint density at radius 3 is 2.21 bits per heavy atom. The van der Waals surface area contributed by atoms with Crippen LogP contribution in [0.3, 0.4) is 0 Å². The van der Waals surface area contributed by atoms with E-state index in [4.69, 9.17) is 11.6 Å². The molecule has 19 heavy (non-hydrogen) atoms. The van der Waals surface area contributed by atoms with E-state index in [1.165, 1.54) is 6.07 Å². The minimum atomic E-state index is -3.59. The van der Waals surface area contributed by atoms with Gasteiger partial charge in [0.2, 0.25) is 0 Å². The summed E-state index contributed by atoms with van der Waals surface area (Å²) in [6.45, 7) is 3.84. The Labute approximate surface area is 129 Å². The van der Waals surface area contributed by atoms with Gasteiger partial charge in [-0.1, -0.05) is 17.7 Å². The zero-order valence-corrected chi connectivity index (χ0v) is 14.2. The van der Waals surface area contributed by atoms with Gasteiger partial charge in [-0.3, -0.25) is 4.72 Å². The Morgan fingerprint density at radius 2 is 1.74 bits per heavy atom. The quantitative estimate of drug-likeness (QED) is 0.847. The second kappa shape index (κ2) is 5.44. The molecule has 1 aromatic carbocycles. The summed E-state index contributed by atoms with van der Waals surface area (Å²) in [5.41, 5.74) is 2.56. The van der Waals surface area contributed by atoms with E-state index in [-0.39, 0.29) is 4.21 Å². The second-order valence-corrected chi connectivity index (χ2v) is 8.86. The summed E-state index contributed by atoms with van der Waals surface area (Å²) in [6.07, 6.45) is 0. The number of benzene rings is 1. The van der Waals surface area contributed by atoms with Crippen LogP contribution in [-0.2, 0) is 10.0 Å². The fourth-order valence-corrected chi connectivity index (χ4v) is 5.14. The average Bonchev–Trinajstić information content (AvgIpc) is 2.57. The molecular formula is C12H11BrClNO2S2. The van der Waals surface area contributed by atoms with Crippen molar-refractivity contribution in [1.29, 1.82) is 0 Å². The van der Waals surface area contributed by atoms with E-state index in [1.54, 1.807) is 12.1 Å². The molecule has 3 nitrogen and oxygen atoms in total. The first-order chi connectivity index (χ1) is 8.78. The Morgan fingerprint density at radius 1 is 1.16 bits per heavy atom. The molecule has 0 radical (unpaired) electrons. The number of anilines is 1. The summed E-state index contributed by atoms with van der Waals surface area (Å²) in [7, 11) is -3.59. The highest BCUT2D eigenvalue weighted by molar-refractivity contribution is 9.11. The van der Waals surface area contributed by atoms with Crippen molar-refractivity contribution in [3.63, 3.8) is 0 Å². The van der Waals surface area contributed by atoms with Gasteiger partial charge in [-0.2, -0.15) is 0 Å². The smallest absolute Gasteiger partial charge is 0.271 e. The topological polar surface area (TPSA) is 46.2 Å². The first kappa shape index (κ1) is 14.8. The third-order valence-corrected chi connectivity index (χ3v) is 6.69. The zero-order chi connectivity index (χ0) is 14.2. The highest BCUT2D eigenvalue weighted by atomic mass is 79.9. The third-order valence-electron chi connectivity index (χ3n) is 2.36. The van der Waals surface area contributed by atoms with Crippen molar-refractivity contribution in [2.75, 3.05) is 4.72 Å². The summed E-state index contributed by atoms with van der Waals surface area (Å²) < 4.78 is 27.8. The molecule has 2 rings (SSSR count). The van der Waals surface area contributed by atoms with E-state index in [0.29, 0.717) is 14.5 Å². The van der Waals surface area contributed by atoms with Crippen LogP contribution in [-0.4, -0.2) is 8.42 Å². The molecule has 7 heteroatoms. The summed E-state index contributed by atoms with van der Waals surface area (Å²) in [5.74, 6) is 0. The number of nitrogens with one attached hydrogen (secondary N) is 1. The van der Waals surface area contributed by atoms with Crippen LogP contribution in [0.25, 0.3) is 0 Å². The second-order valence-electron chi connectivity index (χ2n) is 4.17. The molecule has 1 aromatic heterocycles. The van der Waals surface area contributed by atoms with Gasteiger partial charge in [-0.25, -0.2) is 8.42 Å². The lowest BCUT2D eigenvalue weighted by atomic mass is 10.1. The van der Waals surface area contributed by atoms with E-state index in [1.807, 2.05) is 19.9 Å². The molecular weight excluding hydrogens is 370 g/mol. The van der Waals surface area contributed by atoms with Gasteiger partial charge in [-0.15, -0.1) is 11.3 Å². The normalized spacial score (nSPS) is 11.6. The van der Waals surface area contributed by atoms with E-state index >= 15 is 0 Å². The maximum atomic E-state index is 12.2. The molecule has 0 amide bonds. The number of thiophene rings is 1. The SMILES string of the molecule is Cc1cc(C)cc(NS(=O)(=O)c2cc(Cl)c(Br)s2)c1. The summed E-state index contributed by atoms with van der Waals surface area (Å²) in [6, 6.07) is 6.99. The lowest BCUT2D eigenvalue weighted by Crippen LogP contribution is -2.11. The third kappa shape index (κ3) is 3.51. The van der Waals surface area contributed by atoms with Gasteiger partial charge in [0.05, 0.1) is 8.81 Å². The Balaban J connectivity index is 2.36. The van der Waals surface area contributed by atoms with Crippen molar-refractivity contribution in [3.05, 3.63) is 44.2 Å². The van der Waals surface area contributed by atoms with Crippen molar-refractivity contribution >= 4 is 54.6 Å². The molecule has 102 valence electrons. The van der Waals surface area contributed by atoms with Gasteiger partial charge in [0.1, 0.15) is 4.21 Å². The first-order valence-electron chi connectivity index (χ1n) is 5.34. The Hall–Kier alpha value is -0.560. The van der Waals surface area contributed by atoms with Gasteiger partial charge in [0.15, 0.2) is 0 Å². The fourth-order valence-electron chi connectivity index (χ4n) is 1.70. The molecule has 0 aliphatic heterocycles. The monoisotopic (exact) mass is 379 g/mol. The summed E-state index contributed by atoms with van der Waals surface area (Å²) >= 11 is 10.2. The number of hydrogen-bond acceptors (Lipinski definition) is 3. The van der Waals surface area contributed by atoms with Crippen LogP contribution in [0.15, 0.2) is 32.3 Å². The zero-order valence-electron chi connectivity index (χ0n) is 10.2. The van der Waals surface area contributed by atoms with Crippen molar-refractivity contribution < 1.29 is 8.42 Å². The number of sulfonamides is 1. The van der Waals surface area contributed by atoms with Gasteiger partial charge in [-0.05, 0) is 59.1 Å². The van der Waals surface area contributed by atoms with Crippen LogP contribution in [0.5, 0.6) is 0 Å². The van der Waals surface area contributed by atoms with Crippen molar-refractivity contribution in [1.82, 2.24) is 0 Å². The molecule has 0 unspecified atom stereocenters. The maximum Gasteiger partial charge on any atom is 0.271 e. The minimum Gasteiger partial charge on any atom is -0.279 e. The largest absolute Gasteiger partial charge is 0.279 e. The van der Waals surface area contributed by atoms with E-state index in [2.05, 4.69) is 20.7 Å². The molecule has 0 spiro atoms. The molecule has 0 saturated heterocycles.